The standard InChI is InChI=1S/C28H44O4/c1-18(13-15-28(6,32)26(3,4)31)23-11-12-24-20(8-7-14-27(23,24)5)9-10-21-16-22(29)17-25(30)19(21)2/h9-10,13,15,18,22-25,29-32H,2,7-8,11-12,14,16-17H2,1,3-6H3/b15-13+,20-9-,21-10-/t18-,22-,23-,24+,25+,27-,28-/m1/s1. The predicted molar refractivity (Wildman–Crippen MR) is 130 cm³/mol. The first kappa shape index (κ1) is 25.4. The zero-order valence-electron chi connectivity index (χ0n) is 20.6. The Morgan fingerprint density at radius 2 is 1.81 bits per heavy atom. The second kappa shape index (κ2) is 9.21. The van der Waals surface area contributed by atoms with E-state index < -0.39 is 23.4 Å². The SMILES string of the molecule is C=C1/C(=C\C=C2\CCC[C@]3(C)[C@@H]([C@H](C)/C=C/[C@@](C)(O)C(C)(C)O)CC[C@@H]23)C[C@@H](O)C[C@@H]1O. The average Bonchev–Trinajstić information content (AvgIpc) is 3.04. The summed E-state index contributed by atoms with van der Waals surface area (Å²) < 4.78 is 0. The van der Waals surface area contributed by atoms with E-state index in [4.69, 9.17) is 0 Å². The first-order valence-corrected chi connectivity index (χ1v) is 12.4. The maximum Gasteiger partial charge on any atom is 0.108 e. The summed E-state index contributed by atoms with van der Waals surface area (Å²) in [4.78, 5) is 0. The highest BCUT2D eigenvalue weighted by Gasteiger charge is 2.50. The summed E-state index contributed by atoms with van der Waals surface area (Å²) in [6, 6.07) is 0. The van der Waals surface area contributed by atoms with Crippen LogP contribution < -0.4 is 0 Å². The molecule has 0 aliphatic heterocycles. The minimum Gasteiger partial charge on any atom is -0.393 e. The van der Waals surface area contributed by atoms with E-state index in [2.05, 4.69) is 38.7 Å². The van der Waals surface area contributed by atoms with Crippen molar-refractivity contribution >= 4 is 0 Å². The third kappa shape index (κ3) is 4.99. The molecule has 32 heavy (non-hydrogen) atoms. The molecule has 4 N–H and O–H groups in total. The van der Waals surface area contributed by atoms with Crippen molar-refractivity contribution in [2.75, 3.05) is 0 Å². The molecule has 3 fully saturated rings. The van der Waals surface area contributed by atoms with Crippen LogP contribution in [0.1, 0.15) is 79.6 Å². The Balaban J connectivity index is 1.78. The molecule has 180 valence electrons. The molecule has 3 saturated carbocycles. The van der Waals surface area contributed by atoms with Crippen LogP contribution in [0.5, 0.6) is 0 Å². The number of hydrogen-bond donors (Lipinski definition) is 4. The van der Waals surface area contributed by atoms with Crippen LogP contribution in [0.2, 0.25) is 0 Å². The Labute approximate surface area is 194 Å². The summed E-state index contributed by atoms with van der Waals surface area (Å²) in [5, 5.41) is 41.1. The van der Waals surface area contributed by atoms with Crippen LogP contribution in [0.4, 0.5) is 0 Å². The number of hydrogen-bond acceptors (Lipinski definition) is 4. The second-order valence-electron chi connectivity index (χ2n) is 11.6. The number of fused-ring (bicyclic) bond motifs is 1. The van der Waals surface area contributed by atoms with Crippen molar-refractivity contribution < 1.29 is 20.4 Å². The maximum absolute atomic E-state index is 10.6. The Morgan fingerprint density at radius 3 is 2.47 bits per heavy atom. The van der Waals surface area contributed by atoms with Gasteiger partial charge >= 0.3 is 0 Å². The van der Waals surface area contributed by atoms with Gasteiger partial charge in [-0.15, -0.1) is 0 Å². The zero-order chi connectivity index (χ0) is 23.9. The van der Waals surface area contributed by atoms with Gasteiger partial charge < -0.3 is 20.4 Å². The van der Waals surface area contributed by atoms with Gasteiger partial charge in [0.2, 0.25) is 0 Å². The molecular weight excluding hydrogens is 400 g/mol. The van der Waals surface area contributed by atoms with Gasteiger partial charge in [-0.3, -0.25) is 0 Å². The topological polar surface area (TPSA) is 80.9 Å². The second-order valence-corrected chi connectivity index (χ2v) is 11.6. The molecule has 0 amide bonds. The third-order valence-electron chi connectivity index (χ3n) is 8.90. The van der Waals surface area contributed by atoms with Crippen LogP contribution in [-0.4, -0.2) is 43.8 Å². The average molecular weight is 445 g/mol. The molecule has 7 atom stereocenters. The number of aliphatic hydroxyl groups excluding tert-OH is 2. The van der Waals surface area contributed by atoms with Gasteiger partial charge in [0.15, 0.2) is 0 Å². The van der Waals surface area contributed by atoms with Crippen molar-refractivity contribution in [3.63, 3.8) is 0 Å². The fraction of sp³-hybridized carbons (Fsp3) is 0.714. The summed E-state index contributed by atoms with van der Waals surface area (Å²) >= 11 is 0. The van der Waals surface area contributed by atoms with E-state index in [1.807, 2.05) is 0 Å². The molecule has 0 aromatic rings. The normalized spacial score (nSPS) is 39.5. The lowest BCUT2D eigenvalue weighted by atomic mass is 9.61. The third-order valence-corrected chi connectivity index (χ3v) is 8.90. The summed E-state index contributed by atoms with van der Waals surface area (Å²) in [6.45, 7) is 13.7. The largest absolute Gasteiger partial charge is 0.393 e. The summed E-state index contributed by atoms with van der Waals surface area (Å²) in [5.41, 5.74) is 0.958. The zero-order valence-corrected chi connectivity index (χ0v) is 20.6. The highest BCUT2D eigenvalue weighted by molar-refractivity contribution is 5.38. The molecule has 0 aromatic carbocycles. The van der Waals surface area contributed by atoms with E-state index in [1.54, 1.807) is 26.8 Å². The van der Waals surface area contributed by atoms with Crippen molar-refractivity contribution in [3.05, 3.63) is 47.6 Å². The molecule has 4 heteroatoms. The van der Waals surface area contributed by atoms with E-state index in [-0.39, 0.29) is 5.41 Å². The lowest BCUT2D eigenvalue weighted by Gasteiger charge is -2.44. The Morgan fingerprint density at radius 1 is 1.12 bits per heavy atom. The molecule has 3 rings (SSSR count). The maximum atomic E-state index is 10.6. The van der Waals surface area contributed by atoms with Crippen LogP contribution in [0.15, 0.2) is 47.6 Å². The molecule has 0 spiro atoms. The van der Waals surface area contributed by atoms with Crippen LogP contribution >= 0.6 is 0 Å². The highest BCUT2D eigenvalue weighted by Crippen LogP contribution is 2.59. The summed E-state index contributed by atoms with van der Waals surface area (Å²) in [7, 11) is 0. The number of aliphatic hydroxyl groups is 4. The van der Waals surface area contributed by atoms with Crippen molar-refractivity contribution in [2.24, 2.45) is 23.2 Å². The number of allylic oxidation sites excluding steroid dienone is 4. The van der Waals surface area contributed by atoms with E-state index in [0.717, 1.165) is 24.0 Å². The quantitative estimate of drug-likeness (QED) is 0.457. The highest BCUT2D eigenvalue weighted by atomic mass is 16.3. The van der Waals surface area contributed by atoms with Crippen molar-refractivity contribution in [1.82, 2.24) is 0 Å². The van der Waals surface area contributed by atoms with E-state index in [0.29, 0.717) is 30.6 Å². The van der Waals surface area contributed by atoms with Gasteiger partial charge in [0.05, 0.1) is 17.8 Å². The van der Waals surface area contributed by atoms with Crippen molar-refractivity contribution in [2.45, 2.75) is 103 Å². The molecule has 0 radical (unpaired) electrons. The monoisotopic (exact) mass is 444 g/mol. The minimum absolute atomic E-state index is 0.218. The molecule has 4 nitrogen and oxygen atoms in total. The first-order valence-electron chi connectivity index (χ1n) is 12.4. The lowest BCUT2D eigenvalue weighted by Crippen LogP contribution is -2.46. The van der Waals surface area contributed by atoms with Gasteiger partial charge in [0.25, 0.3) is 0 Å². The Kier molecular flexibility index (Phi) is 7.32. The van der Waals surface area contributed by atoms with Gasteiger partial charge in [-0.05, 0) is 93.6 Å². The van der Waals surface area contributed by atoms with E-state index in [9.17, 15) is 20.4 Å². The summed E-state index contributed by atoms with van der Waals surface area (Å²) in [6.07, 6.45) is 13.8. The first-order chi connectivity index (χ1) is 14.8. The van der Waals surface area contributed by atoms with Crippen LogP contribution in [0.3, 0.4) is 0 Å². The van der Waals surface area contributed by atoms with Gasteiger partial charge in [-0.1, -0.05) is 50.3 Å². The fourth-order valence-electron chi connectivity index (χ4n) is 6.29. The van der Waals surface area contributed by atoms with Gasteiger partial charge in [0.1, 0.15) is 5.60 Å². The number of rotatable bonds is 5. The fourth-order valence-corrected chi connectivity index (χ4v) is 6.29. The molecule has 0 heterocycles. The van der Waals surface area contributed by atoms with Crippen LogP contribution in [0.25, 0.3) is 0 Å². The van der Waals surface area contributed by atoms with Crippen molar-refractivity contribution in [1.29, 1.82) is 0 Å². The Hall–Kier alpha value is -1.20. The molecule has 0 bridgehead atoms. The van der Waals surface area contributed by atoms with Gasteiger partial charge in [-0.25, -0.2) is 0 Å². The van der Waals surface area contributed by atoms with Crippen LogP contribution in [-0.2, 0) is 0 Å². The molecular formula is C28H44O4. The lowest BCUT2D eigenvalue weighted by molar-refractivity contribution is -0.0886. The Bertz CT molecular complexity index is 797. The van der Waals surface area contributed by atoms with Crippen molar-refractivity contribution in [3.8, 4) is 0 Å². The van der Waals surface area contributed by atoms with Crippen LogP contribution in [0, 0.1) is 23.2 Å². The molecule has 0 aromatic heterocycles. The minimum atomic E-state index is -1.26. The molecule has 3 aliphatic carbocycles. The smallest absolute Gasteiger partial charge is 0.108 e. The van der Waals surface area contributed by atoms with Gasteiger partial charge in [-0.2, -0.15) is 0 Å². The predicted octanol–water partition coefficient (Wildman–Crippen LogP) is 4.84. The molecule has 0 unspecified atom stereocenters. The van der Waals surface area contributed by atoms with E-state index in [1.165, 1.54) is 24.8 Å². The summed E-state index contributed by atoms with van der Waals surface area (Å²) in [5.74, 6) is 1.39. The molecule has 0 saturated heterocycles. The molecule has 3 aliphatic rings. The van der Waals surface area contributed by atoms with Gasteiger partial charge in [0, 0.05) is 6.42 Å². The van der Waals surface area contributed by atoms with E-state index >= 15 is 0 Å².